The zero-order valence-corrected chi connectivity index (χ0v) is 40.0. The molecule has 1 aromatic heterocycles. The standard InChI is InChI=1S/C42H46Cl4N8O9S2/c1-4-5-13-62-37-22-35(53-51-29-7-9-31(43)26(3)16-29)33(45)17-27(37)19-40-48-41(50-42(49-40)47-12-11-25(2)24-55)20-28-18-34(46)36(23-38(28)63-14-6-15-64(56,57)58)54-52-30-8-10-32(44)39(21-30)65(59,60)61/h7-10,16-18,21-23,25,55H,4-6,11-15,19-20,24H2,1-3H3,(H,56,57,58)(H,59,60,61)(H,47,48,49,50). The molecule has 1 heterocycles. The van der Waals surface area contributed by atoms with Crippen molar-refractivity contribution in [3.63, 3.8) is 0 Å². The van der Waals surface area contributed by atoms with Crippen molar-refractivity contribution in [2.45, 2.75) is 64.2 Å². The molecular formula is C42H46Cl4N8O9S2. The van der Waals surface area contributed by atoms with Crippen LogP contribution in [0.15, 0.2) is 86.0 Å². The van der Waals surface area contributed by atoms with Crippen LogP contribution in [0.3, 0.4) is 0 Å². The summed E-state index contributed by atoms with van der Waals surface area (Å²) in [5, 5.41) is 30.6. The first-order valence-electron chi connectivity index (χ1n) is 20.1. The molecular weight excluding hydrogens is 966 g/mol. The Bertz CT molecular complexity index is 2770. The number of aliphatic hydroxyl groups excluding tert-OH is 1. The molecule has 0 aliphatic rings. The molecule has 0 saturated heterocycles. The average molecular weight is 1010 g/mol. The third kappa shape index (κ3) is 16.1. The van der Waals surface area contributed by atoms with E-state index in [4.69, 9.17) is 65.8 Å². The summed E-state index contributed by atoms with van der Waals surface area (Å²) in [6.07, 6.45) is 2.40. The van der Waals surface area contributed by atoms with E-state index in [2.05, 4.69) is 37.7 Å². The summed E-state index contributed by atoms with van der Waals surface area (Å²) < 4.78 is 77.6. The van der Waals surface area contributed by atoms with E-state index in [0.29, 0.717) is 63.7 Å². The lowest BCUT2D eigenvalue weighted by atomic mass is 10.1. The summed E-state index contributed by atoms with van der Waals surface area (Å²) >= 11 is 25.7. The monoisotopic (exact) mass is 1010 g/mol. The van der Waals surface area contributed by atoms with Crippen LogP contribution in [-0.2, 0) is 33.1 Å². The van der Waals surface area contributed by atoms with Crippen LogP contribution in [0.25, 0.3) is 0 Å². The lowest BCUT2D eigenvalue weighted by molar-refractivity contribution is 0.233. The van der Waals surface area contributed by atoms with Crippen LogP contribution >= 0.6 is 46.4 Å². The maximum atomic E-state index is 11.8. The number of aliphatic hydroxyl groups is 1. The fourth-order valence-corrected chi connectivity index (χ4v) is 7.89. The fraction of sp³-hybridized carbons (Fsp3) is 0.357. The normalized spacial score (nSPS) is 12.6. The third-order valence-electron chi connectivity index (χ3n) is 9.36. The smallest absolute Gasteiger partial charge is 0.296 e. The molecule has 0 amide bonds. The number of aryl methyl sites for hydroxylation is 1. The van der Waals surface area contributed by atoms with Crippen molar-refractivity contribution >= 4 is 95.3 Å². The maximum Gasteiger partial charge on any atom is 0.296 e. The van der Waals surface area contributed by atoms with E-state index in [1.165, 1.54) is 24.3 Å². The van der Waals surface area contributed by atoms with Crippen molar-refractivity contribution in [1.29, 1.82) is 0 Å². The minimum atomic E-state index is -4.67. The Morgan fingerprint density at radius 1 is 0.708 bits per heavy atom. The molecule has 17 nitrogen and oxygen atoms in total. The molecule has 0 aliphatic carbocycles. The predicted octanol–water partition coefficient (Wildman–Crippen LogP) is 11.3. The van der Waals surface area contributed by atoms with Gasteiger partial charge in [-0.3, -0.25) is 9.11 Å². The van der Waals surface area contributed by atoms with E-state index in [0.717, 1.165) is 24.5 Å². The highest BCUT2D eigenvalue weighted by molar-refractivity contribution is 7.86. The Balaban J connectivity index is 1.53. The number of hydrogen-bond donors (Lipinski definition) is 4. The van der Waals surface area contributed by atoms with Crippen LogP contribution in [0.2, 0.25) is 20.1 Å². The highest BCUT2D eigenvalue weighted by Crippen LogP contribution is 2.38. The Morgan fingerprint density at radius 2 is 1.25 bits per heavy atom. The molecule has 0 spiro atoms. The van der Waals surface area contributed by atoms with Crippen LogP contribution in [0.1, 0.15) is 67.9 Å². The topological polar surface area (TPSA) is 248 Å². The number of rotatable bonds is 23. The molecule has 348 valence electrons. The summed E-state index contributed by atoms with van der Waals surface area (Å²) in [5.74, 6) is 1.02. The van der Waals surface area contributed by atoms with Gasteiger partial charge in [-0.15, -0.1) is 10.2 Å². The molecule has 5 aromatic rings. The number of azo groups is 2. The van der Waals surface area contributed by atoms with Crippen molar-refractivity contribution in [2.75, 3.05) is 37.4 Å². The van der Waals surface area contributed by atoms with Gasteiger partial charge in [-0.05, 0) is 86.2 Å². The highest BCUT2D eigenvalue weighted by atomic mass is 35.5. The SMILES string of the molecule is CCCCOc1cc(N=Nc2ccc(Cl)c(C)c2)c(Cl)cc1Cc1nc(Cc2cc(Cl)c(N=Nc3ccc(Cl)c(S(=O)(=O)O)c3)cc2OCCCS(=O)(=O)O)nc(NCCC(C)CO)n1. The molecule has 65 heavy (non-hydrogen) atoms. The molecule has 1 unspecified atom stereocenters. The zero-order valence-electron chi connectivity index (χ0n) is 35.4. The van der Waals surface area contributed by atoms with Gasteiger partial charge in [-0.1, -0.05) is 66.7 Å². The van der Waals surface area contributed by atoms with Crippen molar-refractivity contribution in [1.82, 2.24) is 15.0 Å². The Hall–Kier alpha value is -4.57. The molecule has 1 atom stereocenters. The van der Waals surface area contributed by atoms with E-state index in [9.17, 15) is 31.0 Å². The number of hydrogen-bond acceptors (Lipinski definition) is 15. The van der Waals surface area contributed by atoms with E-state index < -0.39 is 30.9 Å². The lowest BCUT2D eigenvalue weighted by Crippen LogP contribution is -2.15. The van der Waals surface area contributed by atoms with E-state index in [1.54, 1.807) is 24.3 Å². The number of nitrogens with one attached hydrogen (secondary N) is 1. The van der Waals surface area contributed by atoms with Gasteiger partial charge in [0, 0.05) is 54.3 Å². The average Bonchev–Trinajstić information content (AvgIpc) is 3.23. The van der Waals surface area contributed by atoms with Crippen LogP contribution in [0.4, 0.5) is 28.7 Å². The Morgan fingerprint density at radius 3 is 1.75 bits per heavy atom. The molecule has 0 bridgehead atoms. The van der Waals surface area contributed by atoms with Gasteiger partial charge in [0.1, 0.15) is 39.4 Å². The maximum absolute atomic E-state index is 11.8. The highest BCUT2D eigenvalue weighted by Gasteiger charge is 2.19. The quantitative estimate of drug-likeness (QED) is 0.0270. The van der Waals surface area contributed by atoms with Crippen LogP contribution in [0.5, 0.6) is 11.5 Å². The second kappa shape index (κ2) is 23.7. The van der Waals surface area contributed by atoms with E-state index in [1.807, 2.05) is 19.9 Å². The summed E-state index contributed by atoms with van der Waals surface area (Å²) in [6.45, 7) is 6.54. The van der Waals surface area contributed by atoms with Gasteiger partial charge >= 0.3 is 0 Å². The molecule has 23 heteroatoms. The predicted molar refractivity (Wildman–Crippen MR) is 250 cm³/mol. The third-order valence-corrected chi connectivity index (χ3v) is 12.5. The summed E-state index contributed by atoms with van der Waals surface area (Å²) in [7, 11) is -8.94. The summed E-state index contributed by atoms with van der Waals surface area (Å²) in [5.41, 5.74) is 3.04. The summed E-state index contributed by atoms with van der Waals surface area (Å²) in [4.78, 5) is 13.6. The van der Waals surface area contributed by atoms with Crippen molar-refractivity contribution < 1.29 is 40.5 Å². The minimum absolute atomic E-state index is 0.000484. The van der Waals surface area contributed by atoms with Crippen molar-refractivity contribution in [3.05, 3.63) is 109 Å². The van der Waals surface area contributed by atoms with Gasteiger partial charge in [0.25, 0.3) is 20.2 Å². The first-order valence-corrected chi connectivity index (χ1v) is 24.7. The Labute approximate surface area is 397 Å². The van der Waals surface area contributed by atoms with E-state index in [-0.39, 0.29) is 77.3 Å². The number of halogens is 4. The number of benzene rings is 4. The van der Waals surface area contributed by atoms with Gasteiger partial charge < -0.3 is 19.9 Å². The molecule has 0 aliphatic heterocycles. The van der Waals surface area contributed by atoms with Crippen molar-refractivity contribution in [3.8, 4) is 11.5 Å². The second-order valence-corrected chi connectivity index (χ2v) is 19.4. The van der Waals surface area contributed by atoms with Crippen LogP contribution in [-0.4, -0.2) is 78.1 Å². The van der Waals surface area contributed by atoms with Gasteiger partial charge in [0.05, 0.1) is 45.4 Å². The molecule has 4 N–H and O–H groups in total. The van der Waals surface area contributed by atoms with E-state index >= 15 is 0 Å². The van der Waals surface area contributed by atoms with Crippen molar-refractivity contribution in [2.24, 2.45) is 26.4 Å². The first kappa shape index (κ1) is 51.4. The molecule has 0 radical (unpaired) electrons. The lowest BCUT2D eigenvalue weighted by Gasteiger charge is -2.15. The second-order valence-electron chi connectivity index (χ2n) is 14.8. The van der Waals surface area contributed by atoms with Crippen LogP contribution < -0.4 is 14.8 Å². The number of nitrogens with zero attached hydrogens (tertiary/aromatic N) is 7. The molecule has 0 saturated carbocycles. The Kier molecular flexibility index (Phi) is 18.8. The number of ether oxygens (including phenoxy) is 2. The molecule has 4 aromatic carbocycles. The number of unbranched alkanes of at least 4 members (excludes halogenated alkanes) is 1. The largest absolute Gasteiger partial charge is 0.493 e. The molecule has 5 rings (SSSR count). The fourth-order valence-electron chi connectivity index (χ4n) is 5.85. The van der Waals surface area contributed by atoms with Gasteiger partial charge in [0.15, 0.2) is 0 Å². The number of anilines is 1. The zero-order chi connectivity index (χ0) is 47.3. The van der Waals surface area contributed by atoms with Crippen LogP contribution in [0, 0.1) is 12.8 Å². The van der Waals surface area contributed by atoms with Gasteiger partial charge in [-0.2, -0.15) is 37.0 Å². The number of aromatic nitrogens is 3. The summed E-state index contributed by atoms with van der Waals surface area (Å²) in [6, 6.07) is 15.4. The van der Waals surface area contributed by atoms with Gasteiger partial charge in [-0.25, -0.2) is 4.98 Å². The minimum Gasteiger partial charge on any atom is -0.493 e. The first-order chi connectivity index (χ1) is 30.8. The molecule has 0 fully saturated rings. The van der Waals surface area contributed by atoms with Gasteiger partial charge in [0.2, 0.25) is 5.95 Å².